The number of fused-ring (bicyclic) bond motifs is 1. The molecule has 4 N–H and O–H groups in total. The highest BCUT2D eigenvalue weighted by Gasteiger charge is 2.26. The monoisotopic (exact) mass is 341 g/mol. The van der Waals surface area contributed by atoms with E-state index in [0.29, 0.717) is 29.9 Å². The summed E-state index contributed by atoms with van der Waals surface area (Å²) in [4.78, 5) is 17.9. The van der Waals surface area contributed by atoms with Gasteiger partial charge in [-0.05, 0) is 45.3 Å². The number of β-amino-alcohol motifs (C(OH)–C–C–N with tert-alkyl or cyclic N) is 1. The van der Waals surface area contributed by atoms with Gasteiger partial charge in [-0.3, -0.25) is 4.79 Å². The first kappa shape index (κ1) is 17.7. The van der Waals surface area contributed by atoms with Gasteiger partial charge in [-0.25, -0.2) is 0 Å². The van der Waals surface area contributed by atoms with Crippen molar-refractivity contribution in [2.75, 3.05) is 19.6 Å². The lowest BCUT2D eigenvalue weighted by Gasteiger charge is -2.21. The Labute approximate surface area is 148 Å². The first-order valence-electron chi connectivity index (χ1n) is 9.03. The van der Waals surface area contributed by atoms with E-state index in [0.717, 1.165) is 29.6 Å². The molecular weight excluding hydrogens is 314 g/mol. The molecule has 2 aromatic rings. The number of hydrogen-bond acceptors (Lipinski definition) is 4. The van der Waals surface area contributed by atoms with E-state index >= 15 is 0 Å². The second-order valence-electron chi connectivity index (χ2n) is 6.79. The third-order valence-corrected chi connectivity index (χ3v) is 5.01. The molecule has 0 amide bonds. The number of benzene rings is 1. The lowest BCUT2D eigenvalue weighted by Crippen LogP contribution is -2.26. The summed E-state index contributed by atoms with van der Waals surface area (Å²) in [6, 6.07) is 7.84. The van der Waals surface area contributed by atoms with Crippen LogP contribution in [-0.2, 0) is 4.79 Å². The van der Waals surface area contributed by atoms with Crippen molar-refractivity contribution in [3.05, 3.63) is 41.2 Å². The molecule has 5 heteroatoms. The fraction of sp³-hybridized carbons (Fsp3) is 0.450. The predicted octanol–water partition coefficient (Wildman–Crippen LogP) is 2.97. The van der Waals surface area contributed by atoms with E-state index in [1.807, 2.05) is 31.2 Å². The lowest BCUT2D eigenvalue weighted by molar-refractivity contribution is -0.111. The van der Waals surface area contributed by atoms with E-state index in [9.17, 15) is 9.90 Å². The molecule has 0 saturated carbocycles. The minimum Gasteiger partial charge on any atom is -0.401 e. The van der Waals surface area contributed by atoms with Crippen molar-refractivity contribution in [1.82, 2.24) is 9.88 Å². The number of carbonyl (C=O) groups excluding carboxylic acids is 1. The van der Waals surface area contributed by atoms with E-state index in [4.69, 9.17) is 5.73 Å². The fourth-order valence-electron chi connectivity index (χ4n) is 3.75. The van der Waals surface area contributed by atoms with E-state index in [1.54, 1.807) is 0 Å². The van der Waals surface area contributed by atoms with Gasteiger partial charge >= 0.3 is 0 Å². The van der Waals surface area contributed by atoms with Crippen LogP contribution in [0.3, 0.4) is 0 Å². The summed E-state index contributed by atoms with van der Waals surface area (Å²) in [5, 5.41) is 11.9. The minimum atomic E-state index is -0.664. The summed E-state index contributed by atoms with van der Waals surface area (Å²) in [6.07, 6.45) is 2.28. The molecule has 25 heavy (non-hydrogen) atoms. The van der Waals surface area contributed by atoms with Crippen LogP contribution in [0.15, 0.2) is 30.0 Å². The summed E-state index contributed by atoms with van der Waals surface area (Å²) in [6.45, 7) is 6.07. The number of nitrogens with one attached hydrogen (secondary N) is 1. The van der Waals surface area contributed by atoms with E-state index in [-0.39, 0.29) is 5.78 Å². The number of hydrogen-bond donors (Lipinski definition) is 3. The summed E-state index contributed by atoms with van der Waals surface area (Å²) >= 11 is 0. The molecule has 1 unspecified atom stereocenters. The third kappa shape index (κ3) is 3.48. The van der Waals surface area contributed by atoms with Crippen LogP contribution >= 0.6 is 0 Å². The molecule has 5 nitrogen and oxygen atoms in total. The topological polar surface area (TPSA) is 82.3 Å². The van der Waals surface area contributed by atoms with E-state index in [2.05, 4.69) is 9.88 Å². The molecule has 1 aromatic carbocycles. The Bertz CT molecular complexity index is 800. The van der Waals surface area contributed by atoms with Gasteiger partial charge in [-0.15, -0.1) is 0 Å². The largest absolute Gasteiger partial charge is 0.401 e. The highest BCUT2D eigenvalue weighted by Crippen LogP contribution is 2.34. The second kappa shape index (κ2) is 7.42. The van der Waals surface area contributed by atoms with Gasteiger partial charge in [0, 0.05) is 28.7 Å². The number of ketones is 1. The minimum absolute atomic E-state index is 0.0828. The molecule has 134 valence electrons. The lowest BCUT2D eigenvalue weighted by atomic mass is 9.96. The van der Waals surface area contributed by atoms with Crippen molar-refractivity contribution in [2.24, 2.45) is 5.73 Å². The first-order valence-corrected chi connectivity index (χ1v) is 9.03. The van der Waals surface area contributed by atoms with Gasteiger partial charge in [0.15, 0.2) is 5.78 Å². The molecule has 0 spiro atoms. The van der Waals surface area contributed by atoms with Crippen LogP contribution in [0.1, 0.15) is 50.5 Å². The second-order valence-corrected chi connectivity index (χ2v) is 6.79. The number of aliphatic hydroxyl groups excluding tert-OH is 1. The molecule has 1 saturated heterocycles. The molecule has 0 bridgehead atoms. The van der Waals surface area contributed by atoms with Gasteiger partial charge in [0.2, 0.25) is 0 Å². The van der Waals surface area contributed by atoms with Crippen LogP contribution < -0.4 is 5.73 Å². The summed E-state index contributed by atoms with van der Waals surface area (Å²) < 4.78 is 0. The zero-order valence-electron chi connectivity index (χ0n) is 15.0. The van der Waals surface area contributed by atoms with Crippen LogP contribution in [0.25, 0.3) is 16.5 Å². The Morgan fingerprint density at radius 2 is 2.00 bits per heavy atom. The number of carbonyl (C=O) groups is 1. The molecule has 3 rings (SSSR count). The van der Waals surface area contributed by atoms with Crippen LogP contribution in [0.5, 0.6) is 0 Å². The molecule has 2 heterocycles. The highest BCUT2D eigenvalue weighted by atomic mass is 16.3. The van der Waals surface area contributed by atoms with Gasteiger partial charge in [0.1, 0.15) is 0 Å². The zero-order valence-corrected chi connectivity index (χ0v) is 15.0. The number of rotatable bonds is 6. The number of nitrogens with zero attached hydrogens (tertiary/aromatic N) is 1. The average molecular weight is 341 g/mol. The van der Waals surface area contributed by atoms with Crippen molar-refractivity contribution in [3.8, 4) is 0 Å². The zero-order chi connectivity index (χ0) is 18.0. The molecule has 1 aromatic heterocycles. The molecule has 1 aliphatic rings. The molecular formula is C20H27N3O2. The van der Waals surface area contributed by atoms with Gasteiger partial charge < -0.3 is 20.7 Å². The van der Waals surface area contributed by atoms with Gasteiger partial charge in [-0.2, -0.15) is 0 Å². The van der Waals surface area contributed by atoms with Crippen LogP contribution in [0.2, 0.25) is 0 Å². The van der Waals surface area contributed by atoms with Crippen molar-refractivity contribution in [2.45, 2.75) is 39.2 Å². The Balaban J connectivity index is 2.12. The average Bonchev–Trinajstić information content (AvgIpc) is 3.21. The van der Waals surface area contributed by atoms with Crippen LogP contribution in [-0.4, -0.2) is 40.4 Å². The molecule has 1 aliphatic heterocycles. The first-order chi connectivity index (χ1) is 12.0. The molecule has 0 aliphatic carbocycles. The summed E-state index contributed by atoms with van der Waals surface area (Å²) in [7, 11) is 0. The number of aromatic nitrogens is 1. The standard InChI is InChI=1S/C20H27N3O2/c1-3-15(21)18(13(2)24)20-19(14-8-4-5-9-16(14)22-20)17(25)12-23-10-6-7-11-23/h4-5,8-9,17,22,25H,3,6-7,10-12,21H2,1-2H3. The van der Waals surface area contributed by atoms with Crippen molar-refractivity contribution < 1.29 is 9.90 Å². The summed E-state index contributed by atoms with van der Waals surface area (Å²) in [5.41, 5.74) is 9.56. The third-order valence-electron chi connectivity index (χ3n) is 5.01. The summed E-state index contributed by atoms with van der Waals surface area (Å²) in [5.74, 6) is -0.0828. The van der Waals surface area contributed by atoms with Crippen molar-refractivity contribution in [3.63, 3.8) is 0 Å². The number of likely N-dealkylation sites (tertiary alicyclic amines) is 1. The maximum atomic E-state index is 12.3. The molecule has 1 fully saturated rings. The maximum Gasteiger partial charge on any atom is 0.163 e. The number of aromatic amines is 1. The Kier molecular flexibility index (Phi) is 5.25. The molecule has 0 radical (unpaired) electrons. The van der Waals surface area contributed by atoms with Crippen LogP contribution in [0.4, 0.5) is 0 Å². The fourth-order valence-corrected chi connectivity index (χ4v) is 3.75. The Hall–Kier alpha value is -2.11. The Morgan fingerprint density at radius 1 is 1.32 bits per heavy atom. The maximum absolute atomic E-state index is 12.3. The molecule has 1 atom stereocenters. The van der Waals surface area contributed by atoms with E-state index < -0.39 is 6.10 Å². The van der Waals surface area contributed by atoms with Gasteiger partial charge in [0.25, 0.3) is 0 Å². The smallest absolute Gasteiger partial charge is 0.163 e. The number of para-hydroxylation sites is 1. The van der Waals surface area contributed by atoms with Gasteiger partial charge in [0.05, 0.1) is 17.4 Å². The number of H-pyrrole nitrogens is 1. The predicted molar refractivity (Wildman–Crippen MR) is 101 cm³/mol. The number of allylic oxidation sites excluding steroid dienone is 2. The quantitative estimate of drug-likeness (QED) is 0.706. The SMILES string of the molecule is CCC(N)=C(C(C)=O)c1[nH]c2ccccc2c1C(O)CN1CCCC1. The number of nitrogens with two attached hydrogens (primary N) is 1. The van der Waals surface area contributed by atoms with Crippen molar-refractivity contribution in [1.29, 1.82) is 0 Å². The Morgan fingerprint density at radius 3 is 2.64 bits per heavy atom. The number of aliphatic hydroxyl groups is 1. The normalized spacial score (nSPS) is 17.7. The number of Topliss-reactive ketones (excluding diaryl/α,β-unsaturated/α-hetero) is 1. The van der Waals surface area contributed by atoms with Gasteiger partial charge in [-0.1, -0.05) is 25.1 Å². The highest BCUT2D eigenvalue weighted by molar-refractivity contribution is 6.21. The van der Waals surface area contributed by atoms with Crippen LogP contribution in [0, 0.1) is 0 Å². The van der Waals surface area contributed by atoms with Crippen molar-refractivity contribution >= 4 is 22.3 Å². The van der Waals surface area contributed by atoms with E-state index in [1.165, 1.54) is 19.8 Å².